The maximum Gasteiger partial charge on any atom is 0.262 e. The van der Waals surface area contributed by atoms with Gasteiger partial charge in [0.2, 0.25) is 5.91 Å². The van der Waals surface area contributed by atoms with Crippen molar-refractivity contribution in [2.75, 3.05) is 5.73 Å². The van der Waals surface area contributed by atoms with Crippen LogP contribution in [-0.2, 0) is 4.79 Å². The van der Waals surface area contributed by atoms with Crippen molar-refractivity contribution < 1.29 is 14.4 Å². The first kappa shape index (κ1) is 14.0. The van der Waals surface area contributed by atoms with Crippen LogP contribution in [-0.4, -0.2) is 34.7 Å². The van der Waals surface area contributed by atoms with Crippen LogP contribution in [0.25, 0.3) is 0 Å². The fourth-order valence-electron chi connectivity index (χ4n) is 2.15. The SMILES string of the molecule is CC(C)NC(=O)C(C)N1C(=O)c2ccc(N)cc2C1=O. The fourth-order valence-corrected chi connectivity index (χ4v) is 2.15. The van der Waals surface area contributed by atoms with Gasteiger partial charge in [-0.15, -0.1) is 0 Å². The molecule has 1 heterocycles. The third-order valence-electron chi connectivity index (χ3n) is 3.14. The van der Waals surface area contributed by atoms with Gasteiger partial charge in [0.05, 0.1) is 11.1 Å². The molecule has 1 unspecified atom stereocenters. The molecular formula is C14H17N3O3. The molecule has 1 aromatic carbocycles. The minimum absolute atomic E-state index is 0.0595. The molecule has 1 aliphatic heterocycles. The number of rotatable bonds is 3. The minimum atomic E-state index is -0.856. The first-order valence-electron chi connectivity index (χ1n) is 6.40. The Hall–Kier alpha value is -2.37. The lowest BCUT2D eigenvalue weighted by molar-refractivity contribution is -0.125. The van der Waals surface area contributed by atoms with Crippen LogP contribution in [0.3, 0.4) is 0 Å². The monoisotopic (exact) mass is 275 g/mol. The number of hydrogen-bond donors (Lipinski definition) is 2. The van der Waals surface area contributed by atoms with E-state index in [2.05, 4.69) is 5.32 Å². The topological polar surface area (TPSA) is 92.5 Å². The number of benzene rings is 1. The van der Waals surface area contributed by atoms with Crippen LogP contribution in [0.1, 0.15) is 41.5 Å². The second kappa shape index (κ2) is 4.96. The molecule has 3 N–H and O–H groups in total. The summed E-state index contributed by atoms with van der Waals surface area (Å²) in [7, 11) is 0. The molecule has 3 amide bonds. The zero-order valence-electron chi connectivity index (χ0n) is 11.6. The lowest BCUT2D eigenvalue weighted by atomic mass is 10.1. The van der Waals surface area contributed by atoms with E-state index in [9.17, 15) is 14.4 Å². The summed E-state index contributed by atoms with van der Waals surface area (Å²) in [6.07, 6.45) is 0. The van der Waals surface area contributed by atoms with E-state index in [1.54, 1.807) is 6.07 Å². The highest BCUT2D eigenvalue weighted by Gasteiger charge is 2.40. The quantitative estimate of drug-likeness (QED) is 0.629. The highest BCUT2D eigenvalue weighted by atomic mass is 16.2. The summed E-state index contributed by atoms with van der Waals surface area (Å²) in [4.78, 5) is 37.4. The van der Waals surface area contributed by atoms with Crippen LogP contribution < -0.4 is 11.1 Å². The lowest BCUT2D eigenvalue weighted by Gasteiger charge is -2.22. The smallest absolute Gasteiger partial charge is 0.262 e. The van der Waals surface area contributed by atoms with Gasteiger partial charge < -0.3 is 11.1 Å². The predicted molar refractivity (Wildman–Crippen MR) is 74.1 cm³/mol. The summed E-state index contributed by atoms with van der Waals surface area (Å²) in [6.45, 7) is 5.16. The van der Waals surface area contributed by atoms with Crippen molar-refractivity contribution in [3.63, 3.8) is 0 Å². The Labute approximate surface area is 116 Å². The first-order valence-corrected chi connectivity index (χ1v) is 6.40. The molecule has 0 fully saturated rings. The van der Waals surface area contributed by atoms with E-state index in [4.69, 9.17) is 5.73 Å². The molecule has 0 radical (unpaired) electrons. The van der Waals surface area contributed by atoms with E-state index in [-0.39, 0.29) is 23.1 Å². The molecular weight excluding hydrogens is 258 g/mol. The van der Waals surface area contributed by atoms with Crippen LogP contribution in [0.4, 0.5) is 5.69 Å². The number of nitrogen functional groups attached to an aromatic ring is 1. The van der Waals surface area contributed by atoms with Crippen molar-refractivity contribution in [1.29, 1.82) is 0 Å². The van der Waals surface area contributed by atoms with Gasteiger partial charge in [-0.25, -0.2) is 0 Å². The van der Waals surface area contributed by atoms with E-state index < -0.39 is 17.9 Å². The van der Waals surface area contributed by atoms with E-state index in [0.717, 1.165) is 4.90 Å². The van der Waals surface area contributed by atoms with E-state index >= 15 is 0 Å². The number of imide groups is 1. The number of fused-ring (bicyclic) bond motifs is 1. The third kappa shape index (κ3) is 2.24. The van der Waals surface area contributed by atoms with Crippen LogP contribution in [0.2, 0.25) is 0 Å². The molecule has 20 heavy (non-hydrogen) atoms. The van der Waals surface area contributed by atoms with Crippen molar-refractivity contribution in [2.45, 2.75) is 32.9 Å². The van der Waals surface area contributed by atoms with Gasteiger partial charge in [-0.3, -0.25) is 19.3 Å². The summed E-state index contributed by atoms with van der Waals surface area (Å²) in [5, 5.41) is 2.69. The van der Waals surface area contributed by atoms with Gasteiger partial charge in [-0.2, -0.15) is 0 Å². The van der Waals surface area contributed by atoms with E-state index in [0.29, 0.717) is 5.69 Å². The van der Waals surface area contributed by atoms with E-state index in [1.807, 2.05) is 13.8 Å². The van der Waals surface area contributed by atoms with Crippen molar-refractivity contribution in [3.05, 3.63) is 29.3 Å². The molecule has 6 nitrogen and oxygen atoms in total. The summed E-state index contributed by atoms with van der Waals surface area (Å²) in [6, 6.07) is 3.62. The second-order valence-corrected chi connectivity index (χ2v) is 5.12. The Morgan fingerprint density at radius 1 is 1.15 bits per heavy atom. The lowest BCUT2D eigenvalue weighted by Crippen LogP contribution is -2.49. The molecule has 0 saturated carbocycles. The Morgan fingerprint density at radius 2 is 1.75 bits per heavy atom. The number of nitrogens with zero attached hydrogens (tertiary/aromatic N) is 1. The molecule has 6 heteroatoms. The molecule has 0 bridgehead atoms. The second-order valence-electron chi connectivity index (χ2n) is 5.12. The van der Waals surface area contributed by atoms with Crippen molar-refractivity contribution in [1.82, 2.24) is 10.2 Å². The molecule has 0 aromatic heterocycles. The first-order chi connectivity index (χ1) is 9.32. The largest absolute Gasteiger partial charge is 0.399 e. The number of nitrogens with one attached hydrogen (secondary N) is 1. The number of hydrogen-bond acceptors (Lipinski definition) is 4. The standard InChI is InChI=1S/C14H17N3O3/c1-7(2)16-12(18)8(3)17-13(19)10-5-4-9(15)6-11(10)14(17)20/h4-8H,15H2,1-3H3,(H,16,18). The van der Waals surface area contributed by atoms with Gasteiger partial charge in [0.25, 0.3) is 11.8 Å². The molecule has 1 atom stereocenters. The van der Waals surface area contributed by atoms with Gasteiger partial charge in [0, 0.05) is 11.7 Å². The average Bonchev–Trinajstić information content (AvgIpc) is 2.60. The van der Waals surface area contributed by atoms with Crippen LogP contribution in [0, 0.1) is 0 Å². The zero-order valence-corrected chi connectivity index (χ0v) is 11.6. The summed E-state index contributed by atoms with van der Waals surface area (Å²) in [5.74, 6) is -1.30. The number of carbonyl (C=O) groups is 3. The van der Waals surface area contributed by atoms with Gasteiger partial charge in [-0.1, -0.05) is 0 Å². The Bertz CT molecular complexity index is 595. The maximum absolute atomic E-state index is 12.3. The van der Waals surface area contributed by atoms with Crippen molar-refractivity contribution >= 4 is 23.4 Å². The van der Waals surface area contributed by atoms with Gasteiger partial charge in [-0.05, 0) is 39.0 Å². The van der Waals surface area contributed by atoms with Gasteiger partial charge in [0.15, 0.2) is 0 Å². The van der Waals surface area contributed by atoms with Crippen LogP contribution >= 0.6 is 0 Å². The summed E-state index contributed by atoms with van der Waals surface area (Å²) < 4.78 is 0. The number of carbonyl (C=O) groups excluding carboxylic acids is 3. The Morgan fingerprint density at radius 3 is 2.35 bits per heavy atom. The highest BCUT2D eigenvalue weighted by Crippen LogP contribution is 2.26. The predicted octanol–water partition coefficient (Wildman–Crippen LogP) is 0.778. The summed E-state index contributed by atoms with van der Waals surface area (Å²) >= 11 is 0. The average molecular weight is 275 g/mol. The molecule has 106 valence electrons. The molecule has 1 aromatic rings. The fraction of sp³-hybridized carbons (Fsp3) is 0.357. The molecule has 0 saturated heterocycles. The zero-order chi connectivity index (χ0) is 15.0. The normalized spacial score (nSPS) is 15.5. The van der Waals surface area contributed by atoms with Crippen molar-refractivity contribution in [2.24, 2.45) is 0 Å². The Balaban J connectivity index is 2.30. The number of anilines is 1. The third-order valence-corrected chi connectivity index (χ3v) is 3.14. The van der Waals surface area contributed by atoms with E-state index in [1.165, 1.54) is 19.1 Å². The number of amides is 3. The number of nitrogens with two attached hydrogens (primary N) is 1. The molecule has 1 aliphatic rings. The molecule has 2 rings (SSSR count). The highest BCUT2D eigenvalue weighted by molar-refractivity contribution is 6.23. The molecule has 0 aliphatic carbocycles. The maximum atomic E-state index is 12.3. The van der Waals surface area contributed by atoms with Crippen LogP contribution in [0.5, 0.6) is 0 Å². The van der Waals surface area contributed by atoms with Gasteiger partial charge >= 0.3 is 0 Å². The molecule has 0 spiro atoms. The van der Waals surface area contributed by atoms with Gasteiger partial charge in [0.1, 0.15) is 6.04 Å². The Kier molecular flexibility index (Phi) is 3.48. The summed E-state index contributed by atoms with van der Waals surface area (Å²) in [5.41, 5.74) is 6.57. The van der Waals surface area contributed by atoms with Crippen LogP contribution in [0.15, 0.2) is 18.2 Å². The minimum Gasteiger partial charge on any atom is -0.399 e. The van der Waals surface area contributed by atoms with Crippen molar-refractivity contribution in [3.8, 4) is 0 Å².